The molecule has 1 N–H and O–H groups in total. The number of halogens is 4. The number of alkyl halides is 3. The van der Waals surface area contributed by atoms with Crippen LogP contribution < -0.4 is 9.64 Å². The number of hydrogen-bond acceptors (Lipinski definition) is 3. The Bertz CT molecular complexity index is 664. The highest BCUT2D eigenvalue weighted by Crippen LogP contribution is 2.26. The van der Waals surface area contributed by atoms with Crippen LogP contribution in [0.5, 0.6) is 5.75 Å². The number of benzene rings is 1. The third-order valence-corrected chi connectivity index (χ3v) is 3.95. The number of anilines is 1. The summed E-state index contributed by atoms with van der Waals surface area (Å²) in [5, 5.41) is 0. The molecule has 1 aromatic heterocycles. The summed E-state index contributed by atoms with van der Waals surface area (Å²) >= 11 is 0. The first-order valence-electron chi connectivity index (χ1n) is 7.55. The Morgan fingerprint density at radius 3 is 2.42 bits per heavy atom. The first-order chi connectivity index (χ1) is 11.4. The number of piperazine rings is 1. The first-order valence-corrected chi connectivity index (χ1v) is 7.55. The van der Waals surface area contributed by atoms with Crippen molar-refractivity contribution in [3.63, 3.8) is 0 Å². The van der Waals surface area contributed by atoms with Gasteiger partial charge in [0.2, 0.25) is 0 Å². The predicted octanol–water partition coefficient (Wildman–Crippen LogP) is 3.37. The third-order valence-electron chi connectivity index (χ3n) is 3.95. The molecular formula is C16H17F4N3O. The van der Waals surface area contributed by atoms with Gasteiger partial charge in [-0.15, -0.1) is 13.2 Å². The molecule has 1 fully saturated rings. The average Bonchev–Trinajstić information content (AvgIpc) is 3.04. The van der Waals surface area contributed by atoms with Crippen molar-refractivity contribution in [2.24, 2.45) is 0 Å². The number of rotatable bonds is 4. The summed E-state index contributed by atoms with van der Waals surface area (Å²) in [5.41, 5.74) is 1.76. The van der Waals surface area contributed by atoms with Crippen LogP contribution in [-0.4, -0.2) is 42.4 Å². The topological polar surface area (TPSA) is 31.5 Å². The molecule has 0 amide bonds. The lowest BCUT2D eigenvalue weighted by Crippen LogP contribution is -2.45. The SMILES string of the molecule is Fc1cc(CN2CCN(c3cc[nH]c3)CC2)ccc1OC(F)(F)F. The van der Waals surface area contributed by atoms with Crippen molar-refractivity contribution in [1.82, 2.24) is 9.88 Å². The van der Waals surface area contributed by atoms with E-state index in [0.29, 0.717) is 12.1 Å². The van der Waals surface area contributed by atoms with Crippen LogP contribution in [0.25, 0.3) is 0 Å². The maximum absolute atomic E-state index is 13.7. The van der Waals surface area contributed by atoms with E-state index in [9.17, 15) is 17.6 Å². The van der Waals surface area contributed by atoms with E-state index in [4.69, 9.17) is 0 Å². The van der Waals surface area contributed by atoms with Gasteiger partial charge in [-0.1, -0.05) is 6.07 Å². The summed E-state index contributed by atoms with van der Waals surface area (Å²) in [6, 6.07) is 5.58. The molecule has 0 radical (unpaired) electrons. The minimum Gasteiger partial charge on any atom is -0.403 e. The van der Waals surface area contributed by atoms with Crippen LogP contribution in [0.3, 0.4) is 0 Å². The number of H-pyrrole nitrogens is 1. The van der Waals surface area contributed by atoms with Crippen molar-refractivity contribution in [3.05, 3.63) is 48.0 Å². The van der Waals surface area contributed by atoms with Gasteiger partial charge in [-0.05, 0) is 23.8 Å². The number of ether oxygens (including phenoxy) is 1. The molecule has 1 aromatic carbocycles. The summed E-state index contributed by atoms with van der Waals surface area (Å²) in [7, 11) is 0. The lowest BCUT2D eigenvalue weighted by atomic mass is 10.1. The zero-order chi connectivity index (χ0) is 17.2. The maximum atomic E-state index is 13.7. The second-order valence-corrected chi connectivity index (χ2v) is 5.64. The normalized spacial score (nSPS) is 16.4. The van der Waals surface area contributed by atoms with Crippen molar-refractivity contribution in [3.8, 4) is 5.75 Å². The van der Waals surface area contributed by atoms with E-state index in [0.717, 1.165) is 44.0 Å². The molecule has 3 rings (SSSR count). The minimum absolute atomic E-state index is 0.490. The molecule has 0 spiro atoms. The van der Waals surface area contributed by atoms with Gasteiger partial charge in [-0.25, -0.2) is 4.39 Å². The molecule has 130 valence electrons. The molecule has 1 aliphatic heterocycles. The van der Waals surface area contributed by atoms with Crippen LogP contribution in [0.2, 0.25) is 0 Å². The molecule has 0 aliphatic carbocycles. The average molecular weight is 343 g/mol. The lowest BCUT2D eigenvalue weighted by molar-refractivity contribution is -0.275. The van der Waals surface area contributed by atoms with E-state index in [1.807, 2.05) is 18.5 Å². The summed E-state index contributed by atoms with van der Waals surface area (Å²) in [6.07, 6.45) is -1.09. The van der Waals surface area contributed by atoms with Gasteiger partial charge in [0.15, 0.2) is 11.6 Å². The number of aromatic nitrogens is 1. The quantitative estimate of drug-likeness (QED) is 0.864. The van der Waals surface area contributed by atoms with Crippen LogP contribution in [0.4, 0.5) is 23.2 Å². The molecule has 1 saturated heterocycles. The largest absolute Gasteiger partial charge is 0.573 e. The van der Waals surface area contributed by atoms with Gasteiger partial charge < -0.3 is 14.6 Å². The molecule has 0 atom stereocenters. The van der Waals surface area contributed by atoms with Crippen LogP contribution in [0, 0.1) is 5.82 Å². The molecule has 4 nitrogen and oxygen atoms in total. The molecule has 0 unspecified atom stereocenters. The Morgan fingerprint density at radius 1 is 1.08 bits per heavy atom. The van der Waals surface area contributed by atoms with Gasteiger partial charge >= 0.3 is 6.36 Å². The fourth-order valence-electron chi connectivity index (χ4n) is 2.78. The Labute approximate surface area is 136 Å². The standard InChI is InChI=1S/C16H17F4N3O/c17-14-9-12(1-2-15(14)24-16(18,19)20)11-22-5-7-23(8-6-22)13-3-4-21-10-13/h1-4,9-10,21H,5-8,11H2. The highest BCUT2D eigenvalue weighted by atomic mass is 19.4. The number of aromatic amines is 1. The van der Waals surface area contributed by atoms with Gasteiger partial charge in [0, 0.05) is 45.1 Å². The minimum atomic E-state index is -4.89. The fraction of sp³-hybridized carbons (Fsp3) is 0.375. The predicted molar refractivity (Wildman–Crippen MR) is 81.4 cm³/mol. The molecule has 0 saturated carbocycles. The zero-order valence-electron chi connectivity index (χ0n) is 12.8. The molecule has 8 heteroatoms. The molecule has 1 aliphatic rings. The van der Waals surface area contributed by atoms with Crippen LogP contribution in [0.1, 0.15) is 5.56 Å². The van der Waals surface area contributed by atoms with Crippen molar-refractivity contribution >= 4 is 5.69 Å². The summed E-state index contributed by atoms with van der Waals surface area (Å²) in [5.74, 6) is -1.81. The van der Waals surface area contributed by atoms with E-state index in [1.165, 1.54) is 6.07 Å². The van der Waals surface area contributed by atoms with E-state index in [-0.39, 0.29) is 0 Å². The lowest BCUT2D eigenvalue weighted by Gasteiger charge is -2.35. The van der Waals surface area contributed by atoms with Gasteiger partial charge in [-0.3, -0.25) is 4.90 Å². The molecule has 0 bridgehead atoms. The molecule has 2 heterocycles. The van der Waals surface area contributed by atoms with Crippen LogP contribution in [-0.2, 0) is 6.54 Å². The Hall–Kier alpha value is -2.22. The highest BCUT2D eigenvalue weighted by molar-refractivity contribution is 5.44. The van der Waals surface area contributed by atoms with Crippen molar-refractivity contribution in [2.75, 3.05) is 31.1 Å². The Balaban J connectivity index is 1.56. The Morgan fingerprint density at radius 2 is 1.83 bits per heavy atom. The van der Waals surface area contributed by atoms with Gasteiger partial charge in [0.1, 0.15) is 0 Å². The summed E-state index contributed by atoms with van der Waals surface area (Å²) in [6.45, 7) is 3.77. The molecule has 2 aromatic rings. The third kappa shape index (κ3) is 4.19. The van der Waals surface area contributed by atoms with E-state index >= 15 is 0 Å². The van der Waals surface area contributed by atoms with E-state index in [2.05, 4.69) is 19.5 Å². The second-order valence-electron chi connectivity index (χ2n) is 5.64. The van der Waals surface area contributed by atoms with Crippen molar-refractivity contribution in [2.45, 2.75) is 12.9 Å². The van der Waals surface area contributed by atoms with Crippen LogP contribution in [0.15, 0.2) is 36.7 Å². The van der Waals surface area contributed by atoms with Crippen LogP contribution >= 0.6 is 0 Å². The van der Waals surface area contributed by atoms with Crippen molar-refractivity contribution in [1.29, 1.82) is 0 Å². The second kappa shape index (κ2) is 6.72. The smallest absolute Gasteiger partial charge is 0.403 e. The Kier molecular flexibility index (Phi) is 4.66. The summed E-state index contributed by atoms with van der Waals surface area (Å²) in [4.78, 5) is 7.40. The van der Waals surface area contributed by atoms with Gasteiger partial charge in [0.25, 0.3) is 0 Å². The van der Waals surface area contributed by atoms with Crippen molar-refractivity contribution < 1.29 is 22.3 Å². The van der Waals surface area contributed by atoms with E-state index in [1.54, 1.807) is 0 Å². The molecule has 24 heavy (non-hydrogen) atoms. The number of nitrogens with zero attached hydrogens (tertiary/aromatic N) is 2. The zero-order valence-corrected chi connectivity index (χ0v) is 12.8. The first kappa shape index (κ1) is 16.6. The maximum Gasteiger partial charge on any atom is 0.573 e. The number of hydrogen-bond donors (Lipinski definition) is 1. The van der Waals surface area contributed by atoms with E-state index < -0.39 is 17.9 Å². The monoisotopic (exact) mass is 343 g/mol. The van der Waals surface area contributed by atoms with Gasteiger partial charge in [-0.2, -0.15) is 0 Å². The highest BCUT2D eigenvalue weighted by Gasteiger charge is 2.32. The number of nitrogens with one attached hydrogen (secondary N) is 1. The summed E-state index contributed by atoms with van der Waals surface area (Å²) < 4.78 is 53.8. The molecular weight excluding hydrogens is 326 g/mol. The fourth-order valence-corrected chi connectivity index (χ4v) is 2.78. The van der Waals surface area contributed by atoms with Gasteiger partial charge in [0.05, 0.1) is 5.69 Å².